The van der Waals surface area contributed by atoms with Gasteiger partial charge in [0.2, 0.25) is 5.76 Å². The molecule has 1 aromatic heterocycles. The van der Waals surface area contributed by atoms with Gasteiger partial charge in [0.15, 0.2) is 0 Å². The molecule has 1 heterocycles. The van der Waals surface area contributed by atoms with Crippen LogP contribution in [0, 0.1) is 0 Å². The SMILES string of the molecule is COC(=O)c1ccc(C(C)Sc2cccc(Br)c2)o1. The molecule has 2 rings (SSSR count). The summed E-state index contributed by atoms with van der Waals surface area (Å²) >= 11 is 5.11. The fourth-order valence-corrected chi connectivity index (χ4v) is 3.14. The first-order valence-corrected chi connectivity index (χ1v) is 7.37. The molecule has 1 atom stereocenters. The fraction of sp³-hybridized carbons (Fsp3) is 0.214. The van der Waals surface area contributed by atoms with E-state index in [1.54, 1.807) is 17.8 Å². The molecule has 0 amide bonds. The summed E-state index contributed by atoms with van der Waals surface area (Å²) in [6.07, 6.45) is 0. The Morgan fingerprint density at radius 3 is 2.84 bits per heavy atom. The second kappa shape index (κ2) is 6.30. The predicted octanol–water partition coefficient (Wildman–Crippen LogP) is 4.68. The van der Waals surface area contributed by atoms with Crippen molar-refractivity contribution < 1.29 is 13.9 Å². The van der Waals surface area contributed by atoms with Crippen LogP contribution in [0.3, 0.4) is 0 Å². The van der Waals surface area contributed by atoms with E-state index in [-0.39, 0.29) is 11.0 Å². The number of thioether (sulfide) groups is 1. The lowest BCUT2D eigenvalue weighted by Crippen LogP contribution is -1.98. The van der Waals surface area contributed by atoms with Crippen molar-refractivity contribution in [2.45, 2.75) is 17.1 Å². The Bertz CT molecular complexity index is 580. The number of carbonyl (C=O) groups is 1. The molecule has 0 spiro atoms. The highest BCUT2D eigenvalue weighted by Gasteiger charge is 2.16. The maximum Gasteiger partial charge on any atom is 0.373 e. The molecule has 0 aliphatic carbocycles. The van der Waals surface area contributed by atoms with E-state index < -0.39 is 5.97 Å². The summed E-state index contributed by atoms with van der Waals surface area (Å²) < 4.78 is 11.2. The van der Waals surface area contributed by atoms with Crippen molar-refractivity contribution >= 4 is 33.7 Å². The smallest absolute Gasteiger partial charge is 0.373 e. The number of ether oxygens (including phenoxy) is 1. The maximum absolute atomic E-state index is 11.3. The third-order valence-electron chi connectivity index (χ3n) is 2.52. The highest BCUT2D eigenvalue weighted by atomic mass is 79.9. The Balaban J connectivity index is 2.09. The quantitative estimate of drug-likeness (QED) is 0.598. The second-order valence-electron chi connectivity index (χ2n) is 3.91. The molecule has 0 N–H and O–H groups in total. The highest BCUT2D eigenvalue weighted by molar-refractivity contribution is 9.10. The molecular formula is C14H13BrO3S. The van der Waals surface area contributed by atoms with Crippen LogP contribution in [0.4, 0.5) is 0 Å². The lowest BCUT2D eigenvalue weighted by atomic mass is 10.3. The molecule has 1 aromatic carbocycles. The Kier molecular flexibility index (Phi) is 4.71. The number of hydrogen-bond donors (Lipinski definition) is 0. The van der Waals surface area contributed by atoms with E-state index in [0.717, 1.165) is 15.1 Å². The van der Waals surface area contributed by atoms with Gasteiger partial charge in [0.05, 0.1) is 12.4 Å². The summed E-state index contributed by atoms with van der Waals surface area (Å²) in [5.74, 6) is 0.537. The van der Waals surface area contributed by atoms with Crippen LogP contribution in [0.5, 0.6) is 0 Å². The van der Waals surface area contributed by atoms with Crippen molar-refractivity contribution in [3.63, 3.8) is 0 Å². The van der Waals surface area contributed by atoms with Crippen molar-refractivity contribution in [2.24, 2.45) is 0 Å². The van der Waals surface area contributed by atoms with Crippen LogP contribution in [0.15, 0.2) is 50.2 Å². The van der Waals surface area contributed by atoms with Crippen molar-refractivity contribution in [3.8, 4) is 0 Å². The van der Waals surface area contributed by atoms with Gasteiger partial charge >= 0.3 is 5.97 Å². The van der Waals surface area contributed by atoms with Crippen LogP contribution < -0.4 is 0 Å². The van der Waals surface area contributed by atoms with Gasteiger partial charge in [-0.25, -0.2) is 4.79 Å². The van der Waals surface area contributed by atoms with Gasteiger partial charge in [-0.15, -0.1) is 11.8 Å². The van der Waals surface area contributed by atoms with Gasteiger partial charge in [0, 0.05) is 9.37 Å². The van der Waals surface area contributed by atoms with Gasteiger partial charge < -0.3 is 9.15 Å². The molecule has 1 unspecified atom stereocenters. The van der Waals surface area contributed by atoms with Gasteiger partial charge in [-0.3, -0.25) is 0 Å². The molecule has 3 nitrogen and oxygen atoms in total. The Hall–Kier alpha value is -1.20. The zero-order chi connectivity index (χ0) is 13.8. The average molecular weight is 341 g/mol. The zero-order valence-corrected chi connectivity index (χ0v) is 13.0. The molecule has 2 aromatic rings. The highest BCUT2D eigenvalue weighted by Crippen LogP contribution is 2.36. The minimum absolute atomic E-state index is 0.118. The first-order valence-electron chi connectivity index (χ1n) is 5.70. The molecular weight excluding hydrogens is 328 g/mol. The largest absolute Gasteiger partial charge is 0.463 e. The second-order valence-corrected chi connectivity index (χ2v) is 6.24. The zero-order valence-electron chi connectivity index (χ0n) is 10.6. The predicted molar refractivity (Wildman–Crippen MR) is 78.5 cm³/mol. The van der Waals surface area contributed by atoms with Gasteiger partial charge in [-0.2, -0.15) is 0 Å². The van der Waals surface area contributed by atoms with E-state index in [0.29, 0.717) is 0 Å². The summed E-state index contributed by atoms with van der Waals surface area (Å²) in [7, 11) is 1.34. The Morgan fingerprint density at radius 1 is 1.37 bits per heavy atom. The topological polar surface area (TPSA) is 39.4 Å². The monoisotopic (exact) mass is 340 g/mol. The fourth-order valence-electron chi connectivity index (χ4n) is 1.58. The van der Waals surface area contributed by atoms with Crippen LogP contribution >= 0.6 is 27.7 Å². The van der Waals surface area contributed by atoms with E-state index in [1.165, 1.54) is 7.11 Å². The average Bonchev–Trinajstić information content (AvgIpc) is 2.87. The Morgan fingerprint density at radius 2 is 2.16 bits per heavy atom. The number of furan rings is 1. The molecule has 0 radical (unpaired) electrons. The summed E-state index contributed by atoms with van der Waals surface area (Å²) in [6.45, 7) is 2.03. The minimum Gasteiger partial charge on any atom is -0.463 e. The lowest BCUT2D eigenvalue weighted by molar-refractivity contribution is 0.0563. The van der Waals surface area contributed by atoms with Crippen LogP contribution in [0.25, 0.3) is 0 Å². The summed E-state index contributed by atoms with van der Waals surface area (Å²) in [5, 5.41) is 0.118. The van der Waals surface area contributed by atoms with Crippen LogP contribution in [-0.2, 0) is 4.74 Å². The third kappa shape index (κ3) is 3.64. The third-order valence-corrected chi connectivity index (χ3v) is 4.13. The summed E-state index contributed by atoms with van der Waals surface area (Å²) in [4.78, 5) is 12.5. The molecule has 0 bridgehead atoms. The first kappa shape index (κ1) is 14.2. The number of carbonyl (C=O) groups excluding carboxylic acids is 1. The van der Waals surface area contributed by atoms with Gasteiger partial charge in [-0.05, 0) is 37.3 Å². The molecule has 5 heteroatoms. The van der Waals surface area contributed by atoms with Gasteiger partial charge in [0.1, 0.15) is 5.76 Å². The van der Waals surface area contributed by atoms with E-state index in [1.807, 2.05) is 37.3 Å². The van der Waals surface area contributed by atoms with Crippen molar-refractivity contribution in [1.82, 2.24) is 0 Å². The summed E-state index contributed by atoms with van der Waals surface area (Å²) in [6, 6.07) is 11.5. The van der Waals surface area contributed by atoms with Crippen molar-refractivity contribution in [1.29, 1.82) is 0 Å². The van der Waals surface area contributed by atoms with Gasteiger partial charge in [-0.1, -0.05) is 22.0 Å². The molecule has 0 fully saturated rings. The molecule has 0 saturated carbocycles. The normalized spacial score (nSPS) is 12.2. The van der Waals surface area contributed by atoms with E-state index in [9.17, 15) is 4.79 Å². The number of esters is 1. The minimum atomic E-state index is -0.453. The molecule has 0 saturated heterocycles. The molecule has 19 heavy (non-hydrogen) atoms. The number of methoxy groups -OCH3 is 1. The standard InChI is InChI=1S/C14H13BrO3S/c1-9(19-11-5-3-4-10(15)8-11)12-6-7-13(18-12)14(16)17-2/h3-9H,1-2H3. The Labute approximate surface area is 124 Å². The van der Waals surface area contributed by atoms with E-state index in [4.69, 9.17) is 4.42 Å². The molecule has 0 aliphatic rings. The number of rotatable bonds is 4. The van der Waals surface area contributed by atoms with Gasteiger partial charge in [0.25, 0.3) is 0 Å². The lowest BCUT2D eigenvalue weighted by Gasteiger charge is -2.08. The number of hydrogen-bond acceptors (Lipinski definition) is 4. The van der Waals surface area contributed by atoms with E-state index >= 15 is 0 Å². The first-order chi connectivity index (χ1) is 9.10. The van der Waals surface area contributed by atoms with Crippen molar-refractivity contribution in [2.75, 3.05) is 7.11 Å². The number of benzene rings is 1. The van der Waals surface area contributed by atoms with Crippen LogP contribution in [0.1, 0.15) is 28.5 Å². The molecule has 100 valence electrons. The van der Waals surface area contributed by atoms with Crippen molar-refractivity contribution in [3.05, 3.63) is 52.4 Å². The van der Waals surface area contributed by atoms with Crippen LogP contribution in [0.2, 0.25) is 0 Å². The molecule has 0 aliphatic heterocycles. The van der Waals surface area contributed by atoms with E-state index in [2.05, 4.69) is 20.7 Å². The van der Waals surface area contributed by atoms with Crippen LogP contribution in [-0.4, -0.2) is 13.1 Å². The number of halogens is 1. The maximum atomic E-state index is 11.3. The summed E-state index contributed by atoms with van der Waals surface area (Å²) in [5.41, 5.74) is 0.